The van der Waals surface area contributed by atoms with Crippen molar-refractivity contribution in [3.8, 4) is 0 Å². The molecule has 0 aliphatic rings. The Morgan fingerprint density at radius 2 is 1.52 bits per heavy atom. The second-order valence-corrected chi connectivity index (χ2v) is 8.82. The van der Waals surface area contributed by atoms with Crippen molar-refractivity contribution >= 4 is 33.0 Å². The fraction of sp³-hybridized carbons (Fsp3) is 0.533. The van der Waals surface area contributed by atoms with Crippen LogP contribution < -0.4 is 4.90 Å². The first-order chi connectivity index (χ1) is 9.59. The highest BCUT2D eigenvalue weighted by Crippen LogP contribution is 2.23. The first-order valence-corrected chi connectivity index (χ1v) is 8.89. The summed E-state index contributed by atoms with van der Waals surface area (Å²) in [7, 11) is -3.49. The first-order valence-electron chi connectivity index (χ1n) is 6.90. The normalized spacial score (nSPS) is 13.5. The van der Waals surface area contributed by atoms with Gasteiger partial charge in [-0.2, -0.15) is 0 Å². The van der Waals surface area contributed by atoms with Crippen molar-refractivity contribution in [3.05, 3.63) is 29.3 Å². The van der Waals surface area contributed by atoms with Gasteiger partial charge in [-0.3, -0.25) is 4.79 Å². The molecule has 1 rings (SSSR count). The third-order valence-electron chi connectivity index (χ3n) is 3.36. The maximum atomic E-state index is 12.6. The van der Waals surface area contributed by atoms with Crippen molar-refractivity contribution in [1.29, 1.82) is 0 Å². The standard InChI is InChI=1S/C15H22ClNO3S/c1-10(2)17(14-8-6-13(16)7-9-14)15(18)12(5)21(19,20)11(3)4/h6-12H,1-5H3/t12-/m1/s1. The number of halogens is 1. The summed E-state index contributed by atoms with van der Waals surface area (Å²) in [6, 6.07) is 6.65. The van der Waals surface area contributed by atoms with Crippen LogP contribution in [-0.4, -0.2) is 30.9 Å². The van der Waals surface area contributed by atoms with Crippen LogP contribution in [0.2, 0.25) is 5.02 Å². The molecule has 1 amide bonds. The molecule has 0 aromatic heterocycles. The van der Waals surface area contributed by atoms with Crippen molar-refractivity contribution in [3.63, 3.8) is 0 Å². The molecule has 1 aromatic rings. The predicted octanol–water partition coefficient (Wildman–Crippen LogP) is 3.29. The summed E-state index contributed by atoms with van der Waals surface area (Å²) in [4.78, 5) is 14.1. The van der Waals surface area contributed by atoms with Crippen LogP contribution >= 0.6 is 11.6 Å². The van der Waals surface area contributed by atoms with Crippen LogP contribution in [0, 0.1) is 0 Å². The summed E-state index contributed by atoms with van der Waals surface area (Å²) >= 11 is 5.85. The van der Waals surface area contributed by atoms with Crippen LogP contribution in [0.3, 0.4) is 0 Å². The zero-order valence-electron chi connectivity index (χ0n) is 13.0. The number of anilines is 1. The maximum absolute atomic E-state index is 12.6. The fourth-order valence-electron chi connectivity index (χ4n) is 2.03. The van der Waals surface area contributed by atoms with Gasteiger partial charge in [0, 0.05) is 16.8 Å². The summed E-state index contributed by atoms with van der Waals surface area (Å²) in [6.45, 7) is 8.31. The Morgan fingerprint density at radius 1 is 1.05 bits per heavy atom. The number of carbonyl (C=O) groups excluding carboxylic acids is 1. The summed E-state index contributed by atoms with van der Waals surface area (Å²) in [5.41, 5.74) is 0.644. The number of benzene rings is 1. The molecule has 4 nitrogen and oxygen atoms in total. The minimum Gasteiger partial charge on any atom is -0.309 e. The molecule has 6 heteroatoms. The summed E-state index contributed by atoms with van der Waals surface area (Å²) in [5, 5.41) is -1.09. The minimum absolute atomic E-state index is 0.150. The number of amides is 1. The number of hydrogen-bond acceptors (Lipinski definition) is 3. The fourth-order valence-corrected chi connectivity index (χ4v) is 3.36. The van der Waals surface area contributed by atoms with E-state index in [1.54, 1.807) is 38.1 Å². The largest absolute Gasteiger partial charge is 0.309 e. The highest BCUT2D eigenvalue weighted by Gasteiger charge is 2.35. The van der Waals surface area contributed by atoms with Gasteiger partial charge in [-0.1, -0.05) is 11.6 Å². The molecule has 1 aromatic carbocycles. The summed E-state index contributed by atoms with van der Waals surface area (Å²) < 4.78 is 24.4. The first kappa shape index (κ1) is 18.0. The van der Waals surface area contributed by atoms with Gasteiger partial charge in [0.25, 0.3) is 0 Å². The molecule has 0 saturated heterocycles. The van der Waals surface area contributed by atoms with Gasteiger partial charge in [-0.25, -0.2) is 8.42 Å². The smallest absolute Gasteiger partial charge is 0.245 e. The molecule has 0 aliphatic carbocycles. The topological polar surface area (TPSA) is 54.5 Å². The van der Waals surface area contributed by atoms with Gasteiger partial charge in [0.15, 0.2) is 9.84 Å². The summed E-state index contributed by atoms with van der Waals surface area (Å²) in [6.07, 6.45) is 0. The van der Waals surface area contributed by atoms with Crippen molar-refractivity contribution in [2.45, 2.75) is 51.2 Å². The van der Waals surface area contributed by atoms with E-state index in [2.05, 4.69) is 0 Å². The van der Waals surface area contributed by atoms with E-state index in [9.17, 15) is 13.2 Å². The molecule has 0 fully saturated rings. The average Bonchev–Trinajstić information content (AvgIpc) is 2.39. The Bertz CT molecular complexity index is 594. The lowest BCUT2D eigenvalue weighted by molar-refractivity contribution is -0.118. The highest BCUT2D eigenvalue weighted by molar-refractivity contribution is 7.93. The van der Waals surface area contributed by atoms with Gasteiger partial charge >= 0.3 is 0 Å². The molecule has 0 bridgehead atoms. The molecule has 0 spiro atoms. The van der Waals surface area contributed by atoms with Gasteiger partial charge in [-0.15, -0.1) is 0 Å². The van der Waals surface area contributed by atoms with Crippen molar-refractivity contribution in [2.24, 2.45) is 0 Å². The maximum Gasteiger partial charge on any atom is 0.245 e. The van der Waals surface area contributed by atoms with E-state index in [0.717, 1.165) is 0 Å². The SMILES string of the molecule is CC(C)N(C(=O)[C@@H](C)S(=O)(=O)C(C)C)c1ccc(Cl)cc1. The molecule has 118 valence electrons. The zero-order valence-corrected chi connectivity index (χ0v) is 14.6. The summed E-state index contributed by atoms with van der Waals surface area (Å²) in [5.74, 6) is -0.416. The lowest BCUT2D eigenvalue weighted by Crippen LogP contribution is -2.46. The minimum atomic E-state index is -3.49. The lowest BCUT2D eigenvalue weighted by Gasteiger charge is -2.30. The number of carbonyl (C=O) groups is 1. The molecule has 0 radical (unpaired) electrons. The van der Waals surface area contributed by atoms with Crippen LogP contribution in [-0.2, 0) is 14.6 Å². The van der Waals surface area contributed by atoms with Gasteiger partial charge < -0.3 is 4.90 Å². The van der Waals surface area contributed by atoms with Gasteiger partial charge in [0.2, 0.25) is 5.91 Å². The molecular weight excluding hydrogens is 310 g/mol. The quantitative estimate of drug-likeness (QED) is 0.831. The van der Waals surface area contributed by atoms with Crippen molar-refractivity contribution < 1.29 is 13.2 Å². The Balaban J connectivity index is 3.18. The Kier molecular flexibility index (Phi) is 5.82. The van der Waals surface area contributed by atoms with Gasteiger partial charge in [0.05, 0.1) is 5.25 Å². The Labute approximate surface area is 132 Å². The average molecular weight is 332 g/mol. The van der Waals surface area contributed by atoms with Crippen LogP contribution in [0.15, 0.2) is 24.3 Å². The van der Waals surface area contributed by atoms with Gasteiger partial charge in [-0.05, 0) is 58.9 Å². The molecular formula is C15H22ClNO3S. The number of rotatable bonds is 5. The van der Waals surface area contributed by atoms with Crippen LogP contribution in [0.4, 0.5) is 5.69 Å². The number of sulfone groups is 1. The molecule has 0 N–H and O–H groups in total. The Hall–Kier alpha value is -1.07. The van der Waals surface area contributed by atoms with Crippen LogP contribution in [0.25, 0.3) is 0 Å². The van der Waals surface area contributed by atoms with E-state index in [4.69, 9.17) is 11.6 Å². The third kappa shape index (κ3) is 3.98. The number of nitrogens with zero attached hydrogens (tertiary/aromatic N) is 1. The monoisotopic (exact) mass is 331 g/mol. The third-order valence-corrected chi connectivity index (χ3v) is 6.11. The molecule has 1 atom stereocenters. The van der Waals surface area contributed by atoms with E-state index < -0.39 is 26.2 Å². The molecule has 0 unspecified atom stereocenters. The second-order valence-electron chi connectivity index (χ2n) is 5.56. The molecule has 0 aliphatic heterocycles. The predicted molar refractivity (Wildman–Crippen MR) is 87.6 cm³/mol. The van der Waals surface area contributed by atoms with E-state index >= 15 is 0 Å². The second kappa shape index (κ2) is 6.79. The Morgan fingerprint density at radius 3 is 1.90 bits per heavy atom. The molecule has 0 saturated carbocycles. The van der Waals surface area contributed by atoms with E-state index in [0.29, 0.717) is 10.7 Å². The van der Waals surface area contributed by atoms with E-state index in [1.165, 1.54) is 11.8 Å². The molecule has 0 heterocycles. The van der Waals surface area contributed by atoms with Crippen LogP contribution in [0.5, 0.6) is 0 Å². The van der Waals surface area contributed by atoms with Crippen LogP contribution in [0.1, 0.15) is 34.6 Å². The highest BCUT2D eigenvalue weighted by atomic mass is 35.5. The zero-order chi connectivity index (χ0) is 16.4. The van der Waals surface area contributed by atoms with E-state index in [-0.39, 0.29) is 6.04 Å². The van der Waals surface area contributed by atoms with Crippen molar-refractivity contribution in [2.75, 3.05) is 4.90 Å². The van der Waals surface area contributed by atoms with Gasteiger partial charge in [0.1, 0.15) is 5.25 Å². The van der Waals surface area contributed by atoms with Crippen molar-refractivity contribution in [1.82, 2.24) is 0 Å². The number of hydrogen-bond donors (Lipinski definition) is 0. The molecule has 21 heavy (non-hydrogen) atoms. The van der Waals surface area contributed by atoms with E-state index in [1.807, 2.05) is 13.8 Å². The lowest BCUT2D eigenvalue weighted by atomic mass is 10.2.